The number of carbonyl (C=O) groups is 1. The highest BCUT2D eigenvalue weighted by atomic mass is 35.5. The van der Waals surface area contributed by atoms with Crippen LogP contribution in [0.4, 0.5) is 5.69 Å². The van der Waals surface area contributed by atoms with Crippen molar-refractivity contribution in [1.29, 1.82) is 0 Å². The van der Waals surface area contributed by atoms with Gasteiger partial charge in [-0.05, 0) is 42.8 Å². The molecule has 10 heteroatoms. The number of rotatable bonds is 6. The average molecular weight is 473 g/mol. The molecule has 7 nitrogen and oxygen atoms in total. The number of ether oxygens (including phenoxy) is 1. The van der Waals surface area contributed by atoms with E-state index in [0.717, 1.165) is 10.5 Å². The minimum absolute atomic E-state index is 0.168. The molecule has 1 amide bonds. The predicted octanol–water partition coefficient (Wildman–Crippen LogP) is 1.84. The van der Waals surface area contributed by atoms with Crippen LogP contribution in [-0.4, -0.2) is 58.5 Å². The molecule has 1 aliphatic rings. The molecule has 1 aliphatic heterocycles. The van der Waals surface area contributed by atoms with Gasteiger partial charge in [0.1, 0.15) is 5.75 Å². The number of nitrogens with zero attached hydrogens (tertiary/aromatic N) is 1. The molecule has 2 aromatic rings. The van der Waals surface area contributed by atoms with Crippen LogP contribution in [0.25, 0.3) is 0 Å². The topological polar surface area (TPSA) is 80.2 Å². The first kappa shape index (κ1) is 22.8. The summed E-state index contributed by atoms with van der Waals surface area (Å²) in [5.41, 5.74) is 1.40. The quantitative estimate of drug-likeness (QED) is 0.671. The fourth-order valence-corrected chi connectivity index (χ4v) is 5.05. The Kier molecular flexibility index (Phi) is 7.26. The Balaban J connectivity index is 1.58. The van der Waals surface area contributed by atoms with Gasteiger partial charge in [-0.15, -0.1) is 0 Å². The Morgan fingerprint density at radius 1 is 1.17 bits per heavy atom. The second kappa shape index (κ2) is 9.53. The fraction of sp³-hybridized carbons (Fsp3) is 0.350. The minimum atomic E-state index is -3.57. The summed E-state index contributed by atoms with van der Waals surface area (Å²) < 4.78 is 32.3. The molecule has 3 rings (SSSR count). The molecule has 2 N–H and O–H groups in total. The molecule has 0 atom stereocenters. The number of quaternary nitrogens is 1. The number of sulfonamides is 1. The van der Waals surface area contributed by atoms with Crippen LogP contribution in [0.15, 0.2) is 41.3 Å². The van der Waals surface area contributed by atoms with Gasteiger partial charge in [-0.25, -0.2) is 8.42 Å². The Bertz CT molecular complexity index is 1020. The normalized spacial score (nSPS) is 15.7. The van der Waals surface area contributed by atoms with Gasteiger partial charge in [0, 0.05) is 16.1 Å². The summed E-state index contributed by atoms with van der Waals surface area (Å²) in [5.74, 6) is 0.326. The van der Waals surface area contributed by atoms with Crippen LogP contribution >= 0.6 is 23.2 Å². The molecule has 0 radical (unpaired) electrons. The first-order valence-electron chi connectivity index (χ1n) is 9.44. The molecule has 1 fully saturated rings. The van der Waals surface area contributed by atoms with Crippen LogP contribution in [0.5, 0.6) is 5.75 Å². The van der Waals surface area contributed by atoms with Crippen molar-refractivity contribution >= 4 is 44.8 Å². The van der Waals surface area contributed by atoms with Gasteiger partial charge in [0.25, 0.3) is 5.91 Å². The molecule has 0 spiro atoms. The average Bonchev–Trinajstić information content (AvgIpc) is 2.71. The van der Waals surface area contributed by atoms with Crippen LogP contribution in [0, 0.1) is 6.92 Å². The number of piperazine rings is 1. The lowest BCUT2D eigenvalue weighted by Crippen LogP contribution is -3.15. The standard InChI is InChI=1S/C20H23Cl2N3O4S/c1-14-11-18(19(29-2)12-17(14)22)23-20(26)13-24-7-9-25(10-8-24)30(27,28)16-5-3-15(21)4-6-16/h3-6,11-12H,7-10,13H2,1-2H3,(H,23,26)/p+1. The van der Waals surface area contributed by atoms with Gasteiger partial charge >= 0.3 is 0 Å². The minimum Gasteiger partial charge on any atom is -0.495 e. The van der Waals surface area contributed by atoms with Crippen molar-refractivity contribution in [2.45, 2.75) is 11.8 Å². The smallest absolute Gasteiger partial charge is 0.279 e. The molecule has 0 bridgehead atoms. The second-order valence-corrected chi connectivity index (χ2v) is 9.92. The van der Waals surface area contributed by atoms with Gasteiger partial charge in [0.2, 0.25) is 10.0 Å². The van der Waals surface area contributed by atoms with E-state index < -0.39 is 10.0 Å². The van der Waals surface area contributed by atoms with E-state index in [1.54, 1.807) is 24.3 Å². The van der Waals surface area contributed by atoms with Crippen LogP contribution in [-0.2, 0) is 14.8 Å². The molecule has 162 valence electrons. The highest BCUT2D eigenvalue weighted by molar-refractivity contribution is 7.89. The second-order valence-electron chi connectivity index (χ2n) is 7.13. The Hall–Kier alpha value is -1.84. The molecule has 2 aromatic carbocycles. The molecule has 0 unspecified atom stereocenters. The van der Waals surface area contributed by atoms with Crippen molar-refractivity contribution in [3.63, 3.8) is 0 Å². The van der Waals surface area contributed by atoms with E-state index in [1.165, 1.54) is 23.5 Å². The first-order valence-corrected chi connectivity index (χ1v) is 11.6. The number of anilines is 1. The summed E-state index contributed by atoms with van der Waals surface area (Å²) >= 11 is 11.9. The molecule has 1 heterocycles. The van der Waals surface area contributed by atoms with Crippen LogP contribution in [0.1, 0.15) is 5.56 Å². The maximum atomic E-state index is 12.8. The maximum absolute atomic E-state index is 12.8. The number of hydrogen-bond donors (Lipinski definition) is 2. The predicted molar refractivity (Wildman–Crippen MR) is 117 cm³/mol. The lowest BCUT2D eigenvalue weighted by atomic mass is 10.2. The van der Waals surface area contributed by atoms with Crippen LogP contribution < -0.4 is 15.0 Å². The number of nitrogens with one attached hydrogen (secondary N) is 2. The molecule has 0 aliphatic carbocycles. The van der Waals surface area contributed by atoms with E-state index in [1.807, 2.05) is 6.92 Å². The SMILES string of the molecule is COc1cc(Cl)c(C)cc1NC(=O)C[NH+]1CCN(S(=O)(=O)c2ccc(Cl)cc2)CC1. The zero-order valence-corrected chi connectivity index (χ0v) is 19.1. The summed E-state index contributed by atoms with van der Waals surface area (Å²) in [7, 11) is -2.05. The summed E-state index contributed by atoms with van der Waals surface area (Å²) in [6, 6.07) is 9.57. The Morgan fingerprint density at radius 2 is 1.80 bits per heavy atom. The van der Waals surface area contributed by atoms with Gasteiger partial charge in [-0.3, -0.25) is 4.79 Å². The largest absolute Gasteiger partial charge is 0.495 e. The van der Waals surface area contributed by atoms with Crippen molar-refractivity contribution in [3.05, 3.63) is 52.0 Å². The molecule has 0 aromatic heterocycles. The monoisotopic (exact) mass is 472 g/mol. The summed E-state index contributed by atoms with van der Waals surface area (Å²) in [5, 5.41) is 3.91. The lowest BCUT2D eigenvalue weighted by Gasteiger charge is -2.31. The number of benzene rings is 2. The number of carbonyl (C=O) groups excluding carboxylic acids is 1. The molecule has 30 heavy (non-hydrogen) atoms. The van der Waals surface area contributed by atoms with Crippen molar-refractivity contribution in [1.82, 2.24) is 4.31 Å². The molecule has 0 saturated carbocycles. The number of methoxy groups -OCH3 is 1. The van der Waals surface area contributed by atoms with Gasteiger partial charge in [-0.1, -0.05) is 23.2 Å². The number of halogens is 2. The van der Waals surface area contributed by atoms with Crippen molar-refractivity contribution < 1.29 is 22.8 Å². The third-order valence-electron chi connectivity index (χ3n) is 5.05. The van der Waals surface area contributed by atoms with Crippen molar-refractivity contribution in [3.8, 4) is 5.75 Å². The van der Waals surface area contributed by atoms with Gasteiger partial charge < -0.3 is 15.0 Å². The van der Waals surface area contributed by atoms with Gasteiger partial charge in [0.15, 0.2) is 6.54 Å². The summed E-state index contributed by atoms with van der Waals surface area (Å²) in [4.78, 5) is 13.7. The molecular formula is C20H24Cl2N3O4S+. The third kappa shape index (κ3) is 5.25. The van der Waals surface area contributed by atoms with E-state index in [0.29, 0.717) is 47.7 Å². The van der Waals surface area contributed by atoms with Crippen molar-refractivity contribution in [2.75, 3.05) is 45.2 Å². The van der Waals surface area contributed by atoms with Crippen LogP contribution in [0.3, 0.4) is 0 Å². The fourth-order valence-electron chi connectivity index (χ4n) is 3.33. The number of aryl methyl sites for hydroxylation is 1. The zero-order chi connectivity index (χ0) is 21.9. The molecular weight excluding hydrogens is 449 g/mol. The summed E-state index contributed by atoms with van der Waals surface area (Å²) in [6.45, 7) is 3.85. The van der Waals surface area contributed by atoms with E-state index >= 15 is 0 Å². The number of amides is 1. The van der Waals surface area contributed by atoms with Gasteiger partial charge in [0.05, 0.1) is 43.9 Å². The van der Waals surface area contributed by atoms with E-state index in [2.05, 4.69) is 5.32 Å². The first-order chi connectivity index (χ1) is 14.2. The lowest BCUT2D eigenvalue weighted by molar-refractivity contribution is -0.895. The number of hydrogen-bond acceptors (Lipinski definition) is 4. The Morgan fingerprint density at radius 3 is 2.40 bits per heavy atom. The molecule has 1 saturated heterocycles. The highest BCUT2D eigenvalue weighted by Crippen LogP contribution is 2.30. The van der Waals surface area contributed by atoms with Gasteiger partial charge in [-0.2, -0.15) is 4.31 Å². The maximum Gasteiger partial charge on any atom is 0.279 e. The van der Waals surface area contributed by atoms with Crippen LogP contribution in [0.2, 0.25) is 10.0 Å². The highest BCUT2D eigenvalue weighted by Gasteiger charge is 2.31. The van der Waals surface area contributed by atoms with E-state index in [4.69, 9.17) is 27.9 Å². The third-order valence-corrected chi connectivity index (χ3v) is 7.62. The Labute approximate surface area is 186 Å². The van der Waals surface area contributed by atoms with E-state index in [-0.39, 0.29) is 17.3 Å². The zero-order valence-electron chi connectivity index (χ0n) is 16.7. The van der Waals surface area contributed by atoms with E-state index in [9.17, 15) is 13.2 Å². The summed E-state index contributed by atoms with van der Waals surface area (Å²) in [6.07, 6.45) is 0. The van der Waals surface area contributed by atoms with Crippen molar-refractivity contribution in [2.24, 2.45) is 0 Å².